The van der Waals surface area contributed by atoms with E-state index in [1.165, 1.54) is 238 Å². The number of nitrogens with one attached hydrogen (secondary N) is 1. The van der Waals surface area contributed by atoms with Gasteiger partial charge in [0.25, 0.3) is 0 Å². The lowest BCUT2D eigenvalue weighted by Gasteiger charge is -2.20. The number of hydrogen-bond donors (Lipinski definition) is 3. The van der Waals surface area contributed by atoms with E-state index >= 15 is 0 Å². The van der Waals surface area contributed by atoms with Crippen LogP contribution in [0, 0.1) is 0 Å². The van der Waals surface area contributed by atoms with E-state index in [1.54, 1.807) is 6.08 Å². The second-order valence-corrected chi connectivity index (χ2v) is 22.1. The highest BCUT2D eigenvalue weighted by Gasteiger charge is 2.18. The van der Waals surface area contributed by atoms with Gasteiger partial charge in [0.05, 0.1) is 25.4 Å². The maximum absolute atomic E-state index is 12.5. The highest BCUT2D eigenvalue weighted by molar-refractivity contribution is 5.76. The molecule has 0 radical (unpaired) electrons. The first-order chi connectivity index (χ1) is 36.0. The minimum atomic E-state index is -0.854. The molecule has 6 nitrogen and oxygen atoms in total. The summed E-state index contributed by atoms with van der Waals surface area (Å²) in [7, 11) is 0. The largest absolute Gasteiger partial charge is 0.466 e. The molecule has 0 saturated carbocycles. The molecule has 428 valence electrons. The van der Waals surface area contributed by atoms with Crippen molar-refractivity contribution in [2.45, 2.75) is 353 Å². The highest BCUT2D eigenvalue weighted by atomic mass is 16.5. The molecule has 3 N–H and O–H groups in total. The number of unbranched alkanes of at least 4 members (excludes halogenated alkanes) is 44. The van der Waals surface area contributed by atoms with Gasteiger partial charge in [0.2, 0.25) is 5.91 Å². The quantitative estimate of drug-likeness (QED) is 0.0244. The van der Waals surface area contributed by atoms with Crippen LogP contribution in [0.5, 0.6) is 0 Å². The predicted octanol–water partition coefficient (Wildman–Crippen LogP) is 20.5. The van der Waals surface area contributed by atoms with Crippen LogP contribution < -0.4 is 5.32 Å². The topological polar surface area (TPSA) is 95.9 Å². The van der Waals surface area contributed by atoms with Crippen molar-refractivity contribution in [3.63, 3.8) is 0 Å². The summed E-state index contributed by atoms with van der Waals surface area (Å²) in [5.41, 5.74) is 0. The molecule has 2 atom stereocenters. The van der Waals surface area contributed by atoms with Crippen LogP contribution in [0.4, 0.5) is 0 Å². The molecule has 1 amide bonds. The molecule has 0 heterocycles. The van der Waals surface area contributed by atoms with Gasteiger partial charge in [-0.05, 0) is 89.9 Å². The summed E-state index contributed by atoms with van der Waals surface area (Å²) in [5.74, 6) is -0.0982. The summed E-state index contributed by atoms with van der Waals surface area (Å²) in [6, 6.07) is -0.638. The molecule has 0 aromatic carbocycles. The zero-order chi connectivity index (χ0) is 52.9. The van der Waals surface area contributed by atoms with E-state index in [-0.39, 0.29) is 18.5 Å². The Bertz CT molecular complexity index is 1230. The molecule has 0 aliphatic carbocycles. The molecular formula is C67H125NO5. The Balaban J connectivity index is 3.51. The van der Waals surface area contributed by atoms with Crippen molar-refractivity contribution >= 4 is 11.9 Å². The van der Waals surface area contributed by atoms with Crippen molar-refractivity contribution < 1.29 is 24.5 Å². The summed E-state index contributed by atoms with van der Waals surface area (Å²) in [4.78, 5) is 24.5. The van der Waals surface area contributed by atoms with Gasteiger partial charge in [0.1, 0.15) is 0 Å². The zero-order valence-electron chi connectivity index (χ0n) is 48.9. The van der Waals surface area contributed by atoms with Gasteiger partial charge in [-0.3, -0.25) is 9.59 Å². The van der Waals surface area contributed by atoms with Crippen molar-refractivity contribution in [2.75, 3.05) is 13.2 Å². The Morgan fingerprint density at radius 2 is 0.685 bits per heavy atom. The molecule has 0 spiro atoms. The van der Waals surface area contributed by atoms with Crippen molar-refractivity contribution in [3.8, 4) is 0 Å². The number of carbonyl (C=O) groups is 2. The van der Waals surface area contributed by atoms with Gasteiger partial charge in [-0.25, -0.2) is 0 Å². The number of hydrogen-bond acceptors (Lipinski definition) is 5. The van der Waals surface area contributed by atoms with E-state index in [9.17, 15) is 19.8 Å². The fourth-order valence-electron chi connectivity index (χ4n) is 9.86. The van der Waals surface area contributed by atoms with Gasteiger partial charge in [0.15, 0.2) is 0 Å². The SMILES string of the molecule is CCCCCCC/C=C\CCCCCCCC(=O)OCCCCC/C=C\C=C/CCCCCCCCCCCCC(=O)NC(CO)C(O)/C=C/CCCCCCCCCCCCCCCCCCCCCCC. The minimum absolute atomic E-state index is 0.0226. The molecule has 0 rings (SSSR count). The van der Waals surface area contributed by atoms with Crippen LogP contribution in [-0.4, -0.2) is 47.4 Å². The summed E-state index contributed by atoms with van der Waals surface area (Å²) in [5, 5.41) is 23.2. The van der Waals surface area contributed by atoms with Crippen LogP contribution >= 0.6 is 0 Å². The molecule has 0 aromatic rings. The second kappa shape index (κ2) is 62.4. The van der Waals surface area contributed by atoms with Gasteiger partial charge in [-0.1, -0.05) is 287 Å². The van der Waals surface area contributed by atoms with Crippen LogP contribution in [0.15, 0.2) is 48.6 Å². The number of aliphatic hydroxyl groups is 2. The maximum atomic E-state index is 12.5. The molecule has 0 saturated heterocycles. The van der Waals surface area contributed by atoms with Crippen LogP contribution in [0.3, 0.4) is 0 Å². The Labute approximate surface area is 455 Å². The fourth-order valence-corrected chi connectivity index (χ4v) is 9.86. The van der Waals surface area contributed by atoms with E-state index in [0.29, 0.717) is 19.4 Å². The minimum Gasteiger partial charge on any atom is -0.466 e. The average Bonchev–Trinajstić information content (AvgIpc) is 3.39. The van der Waals surface area contributed by atoms with E-state index in [4.69, 9.17) is 4.74 Å². The Kier molecular flexibility index (Phi) is 60.5. The van der Waals surface area contributed by atoms with Crippen LogP contribution in [0.25, 0.3) is 0 Å². The third kappa shape index (κ3) is 58.9. The number of allylic oxidation sites excluding steroid dienone is 7. The summed E-state index contributed by atoms with van der Waals surface area (Å²) in [6.07, 6.45) is 80.2. The number of amides is 1. The number of carbonyl (C=O) groups excluding carboxylic acids is 2. The van der Waals surface area contributed by atoms with Gasteiger partial charge in [-0.2, -0.15) is 0 Å². The Hall–Kier alpha value is -2.18. The monoisotopic (exact) mass is 1020 g/mol. The van der Waals surface area contributed by atoms with Crippen molar-refractivity contribution in [2.24, 2.45) is 0 Å². The van der Waals surface area contributed by atoms with E-state index in [2.05, 4.69) is 55.6 Å². The lowest BCUT2D eigenvalue weighted by molar-refractivity contribution is -0.143. The Morgan fingerprint density at radius 3 is 1.05 bits per heavy atom. The number of rotatable bonds is 60. The number of aliphatic hydroxyl groups excluding tert-OH is 2. The second-order valence-electron chi connectivity index (χ2n) is 22.1. The first kappa shape index (κ1) is 70.8. The molecule has 6 heteroatoms. The first-order valence-electron chi connectivity index (χ1n) is 32.4. The summed E-state index contributed by atoms with van der Waals surface area (Å²) >= 11 is 0. The third-order valence-electron chi connectivity index (χ3n) is 14.8. The maximum Gasteiger partial charge on any atom is 0.305 e. The van der Waals surface area contributed by atoms with Crippen molar-refractivity contribution in [1.82, 2.24) is 5.32 Å². The van der Waals surface area contributed by atoms with Gasteiger partial charge in [-0.15, -0.1) is 0 Å². The third-order valence-corrected chi connectivity index (χ3v) is 14.8. The number of ether oxygens (including phenoxy) is 1. The number of esters is 1. The van der Waals surface area contributed by atoms with Crippen molar-refractivity contribution in [3.05, 3.63) is 48.6 Å². The zero-order valence-corrected chi connectivity index (χ0v) is 48.9. The molecule has 0 bridgehead atoms. The van der Waals surface area contributed by atoms with Crippen LogP contribution in [-0.2, 0) is 14.3 Å². The highest BCUT2D eigenvalue weighted by Crippen LogP contribution is 2.17. The molecule has 0 fully saturated rings. The van der Waals surface area contributed by atoms with Crippen LogP contribution in [0.1, 0.15) is 341 Å². The average molecular weight is 1020 g/mol. The van der Waals surface area contributed by atoms with Gasteiger partial charge in [0, 0.05) is 12.8 Å². The lowest BCUT2D eigenvalue weighted by atomic mass is 10.0. The van der Waals surface area contributed by atoms with Crippen molar-refractivity contribution in [1.29, 1.82) is 0 Å². The van der Waals surface area contributed by atoms with Crippen LogP contribution in [0.2, 0.25) is 0 Å². The fraction of sp³-hybridized carbons (Fsp3) is 0.851. The van der Waals surface area contributed by atoms with E-state index in [1.807, 2.05) is 6.08 Å². The molecule has 0 aliphatic rings. The van der Waals surface area contributed by atoms with E-state index < -0.39 is 12.1 Å². The van der Waals surface area contributed by atoms with Gasteiger partial charge < -0.3 is 20.3 Å². The predicted molar refractivity (Wildman–Crippen MR) is 319 cm³/mol. The first-order valence-corrected chi connectivity index (χ1v) is 32.4. The molecular weight excluding hydrogens is 899 g/mol. The van der Waals surface area contributed by atoms with Gasteiger partial charge >= 0.3 is 5.97 Å². The molecule has 73 heavy (non-hydrogen) atoms. The standard InChI is InChI=1S/C67H125NO5/c1-3-5-7-9-11-13-15-17-19-20-21-22-23-24-26-29-32-35-39-43-47-51-55-59-65(70)64(63-69)68-66(71)60-56-52-48-44-40-36-33-30-27-25-28-31-34-38-42-46-50-54-58-62-73-67(72)61-57-53-49-45-41-37-18-16-14-12-10-8-6-4-2/h16,18,31,34,38,42,55,59,64-65,69-70H,3-15,17,19-30,32-33,35-37,39-41,43-54,56-58,60-63H2,1-2H3,(H,68,71)/b18-16-,34-31-,42-38-,59-55+. The Morgan fingerprint density at radius 1 is 0.384 bits per heavy atom. The van der Waals surface area contributed by atoms with E-state index in [0.717, 1.165) is 77.0 Å². The molecule has 2 unspecified atom stereocenters. The summed E-state index contributed by atoms with van der Waals surface area (Å²) < 4.78 is 5.45. The lowest BCUT2D eigenvalue weighted by Crippen LogP contribution is -2.45. The molecule has 0 aliphatic heterocycles. The molecule has 0 aromatic heterocycles. The normalized spacial score (nSPS) is 12.9. The smallest absolute Gasteiger partial charge is 0.305 e. The summed E-state index contributed by atoms with van der Waals surface area (Å²) in [6.45, 7) is 4.87.